The number of aryl methyl sites for hydroxylation is 1. The summed E-state index contributed by atoms with van der Waals surface area (Å²) in [5.74, 6) is 1.24. The van der Waals surface area contributed by atoms with E-state index in [0.29, 0.717) is 29.8 Å². The molecule has 0 aliphatic rings. The van der Waals surface area contributed by atoms with Crippen LogP contribution in [-0.4, -0.2) is 30.9 Å². The number of hydrogen-bond donors (Lipinski definition) is 2. The standard InChI is InChI=1S/C23H26N6O2/c1-15(2)22-25-19-12-11-16(14-20(19)26-22)24-21(30)10-4-3-7-13-29-23(31)17-8-5-6-9-18(17)27-28-29/h5-6,8-9,11-12,14-15H,3-4,7,10,13H2,1-2H3,(H,24,30)(H,25,26). The number of imidazole rings is 1. The van der Waals surface area contributed by atoms with Gasteiger partial charge in [0, 0.05) is 24.6 Å². The molecule has 0 saturated carbocycles. The number of carbonyl (C=O) groups is 1. The van der Waals surface area contributed by atoms with Crippen molar-refractivity contribution in [3.63, 3.8) is 0 Å². The highest BCUT2D eigenvalue weighted by atomic mass is 16.1. The summed E-state index contributed by atoms with van der Waals surface area (Å²) in [5.41, 5.74) is 3.05. The lowest BCUT2D eigenvalue weighted by atomic mass is 10.2. The third-order valence-electron chi connectivity index (χ3n) is 5.23. The average molecular weight is 419 g/mol. The van der Waals surface area contributed by atoms with E-state index in [0.717, 1.165) is 41.8 Å². The number of hydrogen-bond acceptors (Lipinski definition) is 5. The number of H-pyrrole nitrogens is 1. The molecule has 160 valence electrons. The van der Waals surface area contributed by atoms with Crippen molar-refractivity contribution in [3.8, 4) is 0 Å². The highest BCUT2D eigenvalue weighted by Crippen LogP contribution is 2.20. The van der Waals surface area contributed by atoms with Crippen LogP contribution in [0, 0.1) is 0 Å². The van der Waals surface area contributed by atoms with Crippen LogP contribution >= 0.6 is 0 Å². The lowest BCUT2D eigenvalue weighted by Crippen LogP contribution is -2.24. The molecule has 31 heavy (non-hydrogen) atoms. The van der Waals surface area contributed by atoms with E-state index >= 15 is 0 Å². The number of nitrogens with zero attached hydrogens (tertiary/aromatic N) is 4. The van der Waals surface area contributed by atoms with Gasteiger partial charge in [-0.2, -0.15) is 0 Å². The van der Waals surface area contributed by atoms with Crippen molar-refractivity contribution in [1.29, 1.82) is 0 Å². The molecule has 8 nitrogen and oxygen atoms in total. The molecular formula is C23H26N6O2. The molecule has 2 aromatic carbocycles. The zero-order valence-electron chi connectivity index (χ0n) is 17.8. The van der Waals surface area contributed by atoms with Gasteiger partial charge < -0.3 is 10.3 Å². The number of aromatic nitrogens is 5. The number of nitrogens with one attached hydrogen (secondary N) is 2. The minimum Gasteiger partial charge on any atom is -0.342 e. The summed E-state index contributed by atoms with van der Waals surface area (Å²) in [6, 6.07) is 12.9. The number of anilines is 1. The number of rotatable bonds is 8. The van der Waals surface area contributed by atoms with E-state index in [9.17, 15) is 9.59 Å². The highest BCUT2D eigenvalue weighted by molar-refractivity contribution is 5.93. The second-order valence-corrected chi connectivity index (χ2v) is 8.00. The molecule has 2 aromatic heterocycles. The predicted octanol–water partition coefficient (Wildman–Crippen LogP) is 3.99. The van der Waals surface area contributed by atoms with Crippen LogP contribution in [0.4, 0.5) is 5.69 Å². The van der Waals surface area contributed by atoms with Crippen molar-refractivity contribution >= 4 is 33.5 Å². The molecule has 0 aliphatic carbocycles. The SMILES string of the molecule is CC(C)c1nc2ccc(NC(=O)CCCCCn3nnc4ccccc4c3=O)cc2[nH]1. The predicted molar refractivity (Wildman–Crippen MR) is 121 cm³/mol. The monoisotopic (exact) mass is 418 g/mol. The first-order chi connectivity index (χ1) is 15.0. The van der Waals surface area contributed by atoms with Crippen LogP contribution in [-0.2, 0) is 11.3 Å². The Hall–Kier alpha value is -3.55. The highest BCUT2D eigenvalue weighted by Gasteiger charge is 2.09. The fraction of sp³-hybridized carbons (Fsp3) is 0.348. The first kappa shape index (κ1) is 20.7. The maximum absolute atomic E-state index is 12.4. The van der Waals surface area contributed by atoms with Gasteiger partial charge in [0.2, 0.25) is 5.91 Å². The minimum atomic E-state index is -0.127. The Bertz CT molecular complexity index is 1270. The summed E-state index contributed by atoms with van der Waals surface area (Å²) >= 11 is 0. The zero-order chi connectivity index (χ0) is 21.8. The van der Waals surface area contributed by atoms with E-state index in [1.165, 1.54) is 4.68 Å². The number of amides is 1. The first-order valence-electron chi connectivity index (χ1n) is 10.6. The molecule has 0 saturated heterocycles. The zero-order valence-corrected chi connectivity index (χ0v) is 17.8. The van der Waals surface area contributed by atoms with Gasteiger partial charge in [0.1, 0.15) is 11.3 Å². The third kappa shape index (κ3) is 4.79. The van der Waals surface area contributed by atoms with Crippen LogP contribution in [0.2, 0.25) is 0 Å². The number of benzene rings is 2. The van der Waals surface area contributed by atoms with E-state index in [2.05, 4.69) is 39.4 Å². The largest absolute Gasteiger partial charge is 0.342 e. The Kier molecular flexibility index (Phi) is 6.06. The molecular weight excluding hydrogens is 392 g/mol. The van der Waals surface area contributed by atoms with Crippen molar-refractivity contribution in [2.45, 2.75) is 52.0 Å². The summed E-state index contributed by atoms with van der Waals surface area (Å²) in [7, 11) is 0. The van der Waals surface area contributed by atoms with Gasteiger partial charge in [0.15, 0.2) is 0 Å². The molecule has 2 N–H and O–H groups in total. The lowest BCUT2D eigenvalue weighted by Gasteiger charge is -2.06. The van der Waals surface area contributed by atoms with Gasteiger partial charge in [0.25, 0.3) is 5.56 Å². The van der Waals surface area contributed by atoms with E-state index in [1.807, 2.05) is 30.3 Å². The first-order valence-corrected chi connectivity index (χ1v) is 10.6. The molecule has 0 fully saturated rings. The van der Waals surface area contributed by atoms with Crippen molar-refractivity contribution in [3.05, 3.63) is 58.6 Å². The molecule has 1 amide bonds. The molecule has 0 bridgehead atoms. The van der Waals surface area contributed by atoms with E-state index in [1.54, 1.807) is 12.1 Å². The van der Waals surface area contributed by atoms with E-state index in [4.69, 9.17) is 0 Å². The van der Waals surface area contributed by atoms with E-state index < -0.39 is 0 Å². The number of aromatic amines is 1. The van der Waals surface area contributed by atoms with Crippen LogP contribution in [0.1, 0.15) is 51.3 Å². The Morgan fingerprint density at radius 3 is 2.77 bits per heavy atom. The van der Waals surface area contributed by atoms with Gasteiger partial charge in [0.05, 0.1) is 16.4 Å². The third-order valence-corrected chi connectivity index (χ3v) is 5.23. The topological polar surface area (TPSA) is 106 Å². The van der Waals surface area contributed by atoms with Crippen LogP contribution in [0.3, 0.4) is 0 Å². The normalized spacial score (nSPS) is 11.5. The molecule has 0 atom stereocenters. The fourth-order valence-corrected chi connectivity index (χ4v) is 3.50. The van der Waals surface area contributed by atoms with Gasteiger partial charge in [-0.25, -0.2) is 9.67 Å². The summed E-state index contributed by atoms with van der Waals surface area (Å²) < 4.78 is 1.40. The van der Waals surface area contributed by atoms with Crippen LogP contribution in [0.25, 0.3) is 21.9 Å². The quantitative estimate of drug-likeness (QED) is 0.421. The van der Waals surface area contributed by atoms with E-state index in [-0.39, 0.29) is 11.5 Å². The molecule has 8 heteroatoms. The maximum Gasteiger partial charge on any atom is 0.277 e. The Balaban J connectivity index is 1.25. The van der Waals surface area contributed by atoms with Crippen molar-refractivity contribution < 1.29 is 4.79 Å². The Labute approximate surface area is 179 Å². The van der Waals surface area contributed by atoms with Gasteiger partial charge in [-0.3, -0.25) is 9.59 Å². The molecule has 0 radical (unpaired) electrons. The maximum atomic E-state index is 12.4. The van der Waals surface area contributed by atoms with Gasteiger partial charge in [-0.1, -0.05) is 37.6 Å². The van der Waals surface area contributed by atoms with Crippen LogP contribution < -0.4 is 10.9 Å². The van der Waals surface area contributed by atoms with Crippen molar-refractivity contribution in [2.24, 2.45) is 0 Å². The fourth-order valence-electron chi connectivity index (χ4n) is 3.50. The molecule has 0 unspecified atom stereocenters. The minimum absolute atomic E-state index is 0.0226. The summed E-state index contributed by atoms with van der Waals surface area (Å²) in [4.78, 5) is 32.6. The number of fused-ring (bicyclic) bond motifs is 2. The number of unbranched alkanes of at least 4 members (excludes halogenated alkanes) is 2. The molecule has 2 heterocycles. The second-order valence-electron chi connectivity index (χ2n) is 8.00. The lowest BCUT2D eigenvalue weighted by molar-refractivity contribution is -0.116. The molecule has 4 aromatic rings. The van der Waals surface area contributed by atoms with Gasteiger partial charge in [-0.05, 0) is 43.2 Å². The smallest absolute Gasteiger partial charge is 0.277 e. The Morgan fingerprint density at radius 2 is 1.94 bits per heavy atom. The van der Waals surface area contributed by atoms with Crippen LogP contribution in [0.5, 0.6) is 0 Å². The Morgan fingerprint density at radius 1 is 1.10 bits per heavy atom. The number of carbonyl (C=O) groups excluding carboxylic acids is 1. The molecule has 0 aliphatic heterocycles. The molecule has 0 spiro atoms. The summed E-state index contributed by atoms with van der Waals surface area (Å²) in [6.07, 6.45) is 2.76. The second kappa shape index (κ2) is 9.07. The van der Waals surface area contributed by atoms with Gasteiger partial charge in [-0.15, -0.1) is 5.10 Å². The summed E-state index contributed by atoms with van der Waals surface area (Å²) in [5, 5.41) is 11.6. The van der Waals surface area contributed by atoms with Crippen LogP contribution in [0.15, 0.2) is 47.3 Å². The average Bonchev–Trinajstić information content (AvgIpc) is 3.19. The van der Waals surface area contributed by atoms with Crippen molar-refractivity contribution in [2.75, 3.05) is 5.32 Å². The van der Waals surface area contributed by atoms with Gasteiger partial charge >= 0.3 is 0 Å². The molecule has 4 rings (SSSR count). The van der Waals surface area contributed by atoms with Crippen molar-refractivity contribution in [1.82, 2.24) is 25.0 Å². The summed E-state index contributed by atoms with van der Waals surface area (Å²) in [6.45, 7) is 4.67.